The minimum Gasteiger partial charge on any atom is -0.309 e. The van der Waals surface area contributed by atoms with Crippen LogP contribution in [0.25, 0.3) is 10.8 Å². The number of pyridine rings is 2. The molecule has 0 aliphatic heterocycles. The van der Waals surface area contributed by atoms with Gasteiger partial charge in [-0.05, 0) is 42.1 Å². The molecule has 3 rings (SSSR count). The number of aromatic nitrogens is 2. The van der Waals surface area contributed by atoms with Crippen molar-refractivity contribution in [3.63, 3.8) is 0 Å². The molecule has 3 aromatic rings. The summed E-state index contributed by atoms with van der Waals surface area (Å²) in [6, 6.07) is 10.7. The first-order chi connectivity index (χ1) is 9.79. The van der Waals surface area contributed by atoms with Crippen molar-refractivity contribution in [1.82, 2.24) is 15.3 Å². The molecule has 0 saturated carbocycles. The summed E-state index contributed by atoms with van der Waals surface area (Å²) in [6.45, 7) is 2.07. The fraction of sp³-hybridized carbons (Fsp3) is 0.176. The standard InChI is InChI=1S/C17H17N3/c1-12-8-14(11-20-9-12)17(18-2)16-5-3-4-13-10-19-7-6-15(13)16/h3-11,17-18H,1-2H3. The predicted octanol–water partition coefficient (Wildman–Crippen LogP) is 3.25. The van der Waals surface area contributed by atoms with Gasteiger partial charge in [-0.3, -0.25) is 9.97 Å². The normalized spacial score (nSPS) is 12.5. The molecule has 1 aromatic carbocycles. The van der Waals surface area contributed by atoms with Crippen molar-refractivity contribution < 1.29 is 0 Å². The SMILES string of the molecule is CNC(c1cncc(C)c1)c1cccc2cnccc12. The zero-order valence-electron chi connectivity index (χ0n) is 11.7. The summed E-state index contributed by atoms with van der Waals surface area (Å²) in [5.74, 6) is 0. The van der Waals surface area contributed by atoms with Gasteiger partial charge in [0.1, 0.15) is 0 Å². The first-order valence-electron chi connectivity index (χ1n) is 6.71. The Morgan fingerprint density at radius 2 is 1.95 bits per heavy atom. The Morgan fingerprint density at radius 3 is 2.75 bits per heavy atom. The van der Waals surface area contributed by atoms with E-state index < -0.39 is 0 Å². The van der Waals surface area contributed by atoms with E-state index in [4.69, 9.17) is 0 Å². The van der Waals surface area contributed by atoms with E-state index in [2.05, 4.69) is 52.5 Å². The van der Waals surface area contributed by atoms with Crippen LogP contribution in [-0.2, 0) is 0 Å². The van der Waals surface area contributed by atoms with Gasteiger partial charge in [-0.25, -0.2) is 0 Å². The van der Waals surface area contributed by atoms with E-state index in [1.54, 1.807) is 0 Å². The third-order valence-electron chi connectivity index (χ3n) is 3.54. The molecular weight excluding hydrogens is 246 g/mol. The molecule has 20 heavy (non-hydrogen) atoms. The Kier molecular flexibility index (Phi) is 3.44. The largest absolute Gasteiger partial charge is 0.309 e. The second-order valence-corrected chi connectivity index (χ2v) is 4.96. The molecule has 0 aliphatic rings. The number of nitrogens with one attached hydrogen (secondary N) is 1. The quantitative estimate of drug-likeness (QED) is 0.788. The van der Waals surface area contributed by atoms with Gasteiger partial charge in [0, 0.05) is 30.2 Å². The Balaban J connectivity index is 2.17. The van der Waals surface area contributed by atoms with Crippen molar-refractivity contribution in [1.29, 1.82) is 0 Å². The maximum Gasteiger partial charge on any atom is 0.0595 e. The van der Waals surface area contributed by atoms with Crippen molar-refractivity contribution in [2.45, 2.75) is 13.0 Å². The number of fused-ring (bicyclic) bond motifs is 1. The van der Waals surface area contributed by atoms with E-state index in [0.29, 0.717) is 0 Å². The summed E-state index contributed by atoms with van der Waals surface area (Å²) in [5.41, 5.74) is 3.60. The Morgan fingerprint density at radius 1 is 1.05 bits per heavy atom. The molecule has 0 amide bonds. The highest BCUT2D eigenvalue weighted by Crippen LogP contribution is 2.28. The lowest BCUT2D eigenvalue weighted by Gasteiger charge is -2.19. The highest BCUT2D eigenvalue weighted by molar-refractivity contribution is 5.85. The summed E-state index contributed by atoms with van der Waals surface area (Å²) in [5, 5.41) is 5.78. The zero-order valence-corrected chi connectivity index (χ0v) is 11.7. The second-order valence-electron chi connectivity index (χ2n) is 4.96. The van der Waals surface area contributed by atoms with Crippen LogP contribution < -0.4 is 5.32 Å². The first-order valence-corrected chi connectivity index (χ1v) is 6.71. The summed E-state index contributed by atoms with van der Waals surface area (Å²) >= 11 is 0. The number of rotatable bonds is 3. The zero-order chi connectivity index (χ0) is 13.9. The van der Waals surface area contributed by atoms with Crippen LogP contribution >= 0.6 is 0 Å². The van der Waals surface area contributed by atoms with Gasteiger partial charge in [-0.15, -0.1) is 0 Å². The summed E-state index contributed by atoms with van der Waals surface area (Å²) in [6.07, 6.45) is 7.55. The molecule has 0 spiro atoms. The number of hydrogen-bond donors (Lipinski definition) is 1. The Bertz CT molecular complexity index is 732. The highest BCUT2D eigenvalue weighted by Gasteiger charge is 2.15. The maximum absolute atomic E-state index is 4.31. The van der Waals surface area contributed by atoms with Crippen molar-refractivity contribution in [2.75, 3.05) is 7.05 Å². The molecule has 0 aliphatic carbocycles. The van der Waals surface area contributed by atoms with Gasteiger partial charge >= 0.3 is 0 Å². The molecule has 0 saturated heterocycles. The molecule has 3 nitrogen and oxygen atoms in total. The third kappa shape index (κ3) is 2.28. The van der Waals surface area contributed by atoms with E-state index >= 15 is 0 Å². The molecule has 100 valence electrons. The lowest BCUT2D eigenvalue weighted by molar-refractivity contribution is 0.693. The van der Waals surface area contributed by atoms with Gasteiger partial charge in [0.2, 0.25) is 0 Å². The number of hydrogen-bond acceptors (Lipinski definition) is 3. The molecular formula is C17H17N3. The smallest absolute Gasteiger partial charge is 0.0595 e. The second kappa shape index (κ2) is 5.39. The Labute approximate surface area is 118 Å². The molecule has 2 aromatic heterocycles. The van der Waals surface area contributed by atoms with E-state index in [1.807, 2.05) is 31.8 Å². The third-order valence-corrected chi connectivity index (χ3v) is 3.54. The molecule has 0 fully saturated rings. The van der Waals surface area contributed by atoms with Crippen molar-refractivity contribution in [2.24, 2.45) is 0 Å². The summed E-state index contributed by atoms with van der Waals surface area (Å²) in [4.78, 5) is 8.50. The molecule has 2 heterocycles. The monoisotopic (exact) mass is 263 g/mol. The Hall–Kier alpha value is -2.26. The lowest BCUT2D eigenvalue weighted by Crippen LogP contribution is -2.18. The van der Waals surface area contributed by atoms with Gasteiger partial charge < -0.3 is 5.32 Å². The van der Waals surface area contributed by atoms with Crippen LogP contribution in [0, 0.1) is 6.92 Å². The molecule has 3 heteroatoms. The molecule has 1 N–H and O–H groups in total. The molecule has 1 unspecified atom stereocenters. The molecule has 0 radical (unpaired) electrons. The summed E-state index contributed by atoms with van der Waals surface area (Å²) < 4.78 is 0. The van der Waals surface area contributed by atoms with Crippen LogP contribution in [0.1, 0.15) is 22.7 Å². The van der Waals surface area contributed by atoms with Crippen molar-refractivity contribution in [3.05, 3.63) is 71.8 Å². The van der Waals surface area contributed by atoms with E-state index in [-0.39, 0.29) is 6.04 Å². The van der Waals surface area contributed by atoms with Gasteiger partial charge in [0.15, 0.2) is 0 Å². The van der Waals surface area contributed by atoms with Crippen LogP contribution in [0.2, 0.25) is 0 Å². The fourth-order valence-corrected chi connectivity index (χ4v) is 2.64. The van der Waals surface area contributed by atoms with Crippen molar-refractivity contribution in [3.8, 4) is 0 Å². The topological polar surface area (TPSA) is 37.8 Å². The fourth-order valence-electron chi connectivity index (χ4n) is 2.64. The highest BCUT2D eigenvalue weighted by atomic mass is 14.9. The van der Waals surface area contributed by atoms with Gasteiger partial charge in [-0.1, -0.05) is 24.3 Å². The first kappa shape index (κ1) is 12.8. The van der Waals surface area contributed by atoms with Gasteiger partial charge in [0.05, 0.1) is 6.04 Å². The summed E-state index contributed by atoms with van der Waals surface area (Å²) in [7, 11) is 1.98. The number of nitrogens with zero attached hydrogens (tertiary/aromatic N) is 2. The van der Waals surface area contributed by atoms with E-state index in [0.717, 1.165) is 5.39 Å². The average molecular weight is 263 g/mol. The lowest BCUT2D eigenvalue weighted by atomic mass is 9.95. The van der Waals surface area contributed by atoms with E-state index in [9.17, 15) is 0 Å². The van der Waals surface area contributed by atoms with Crippen LogP contribution in [-0.4, -0.2) is 17.0 Å². The van der Waals surface area contributed by atoms with Gasteiger partial charge in [0.25, 0.3) is 0 Å². The van der Waals surface area contributed by atoms with Crippen LogP contribution in [0.5, 0.6) is 0 Å². The van der Waals surface area contributed by atoms with Crippen LogP contribution in [0.4, 0.5) is 0 Å². The minimum atomic E-state index is 0.133. The maximum atomic E-state index is 4.31. The van der Waals surface area contributed by atoms with Crippen molar-refractivity contribution >= 4 is 10.8 Å². The molecule has 0 bridgehead atoms. The average Bonchev–Trinajstić information content (AvgIpc) is 2.48. The van der Waals surface area contributed by atoms with Crippen LogP contribution in [0.3, 0.4) is 0 Å². The molecule has 1 atom stereocenters. The minimum absolute atomic E-state index is 0.133. The van der Waals surface area contributed by atoms with E-state index in [1.165, 1.54) is 22.1 Å². The van der Waals surface area contributed by atoms with Crippen LogP contribution in [0.15, 0.2) is 55.1 Å². The van der Waals surface area contributed by atoms with Gasteiger partial charge in [-0.2, -0.15) is 0 Å². The predicted molar refractivity (Wildman–Crippen MR) is 81.6 cm³/mol. The number of aryl methyl sites for hydroxylation is 1. The number of benzene rings is 1.